The van der Waals surface area contributed by atoms with E-state index >= 15 is 0 Å². The molecule has 2 aromatic rings. The molecule has 0 bridgehead atoms. The lowest BCUT2D eigenvalue weighted by Crippen LogP contribution is -2.23. The highest BCUT2D eigenvalue weighted by molar-refractivity contribution is 6.32. The van der Waals surface area contributed by atoms with E-state index in [1.54, 1.807) is 19.2 Å². The summed E-state index contributed by atoms with van der Waals surface area (Å²) in [5, 5.41) is 3.52. The number of methoxy groups -OCH3 is 1. The van der Waals surface area contributed by atoms with Crippen molar-refractivity contribution in [3.05, 3.63) is 52.8 Å². The number of hydrogen-bond acceptors (Lipinski definition) is 3. The molecule has 0 atom stereocenters. The number of aryl methyl sites for hydroxylation is 1. The first kappa shape index (κ1) is 16.1. The summed E-state index contributed by atoms with van der Waals surface area (Å²) in [4.78, 5) is 8.71. The molecular weight excluding hydrogens is 300 g/mol. The second kappa shape index (κ2) is 7.66. The number of rotatable bonds is 5. The van der Waals surface area contributed by atoms with E-state index in [-0.39, 0.29) is 0 Å². The Morgan fingerprint density at radius 2 is 2.18 bits per heavy atom. The van der Waals surface area contributed by atoms with Crippen LogP contribution in [0.2, 0.25) is 5.02 Å². The number of halogens is 1. The minimum absolute atomic E-state index is 0.342. The van der Waals surface area contributed by atoms with Gasteiger partial charge in [0.25, 0.3) is 0 Å². The molecule has 0 amide bonds. The first-order valence-corrected chi connectivity index (χ1v) is 7.29. The third-order valence-corrected chi connectivity index (χ3v) is 3.32. The molecule has 1 heterocycles. The van der Waals surface area contributed by atoms with Gasteiger partial charge in [0.1, 0.15) is 5.75 Å². The van der Waals surface area contributed by atoms with Crippen LogP contribution in [0.5, 0.6) is 5.75 Å². The van der Waals surface area contributed by atoms with Gasteiger partial charge >= 0.3 is 0 Å². The van der Waals surface area contributed by atoms with Gasteiger partial charge in [0, 0.05) is 30.0 Å². The quantitative estimate of drug-likeness (QED) is 0.656. The van der Waals surface area contributed by atoms with Gasteiger partial charge < -0.3 is 15.8 Å². The molecule has 6 heteroatoms. The highest BCUT2D eigenvalue weighted by Crippen LogP contribution is 2.26. The van der Waals surface area contributed by atoms with E-state index in [1.807, 2.05) is 31.2 Å². The smallest absolute Gasteiger partial charge is 0.193 e. The molecule has 2 rings (SSSR count). The maximum Gasteiger partial charge on any atom is 0.193 e. The number of guanidine groups is 1. The largest absolute Gasteiger partial charge is 0.495 e. The van der Waals surface area contributed by atoms with Gasteiger partial charge in [0.05, 0.1) is 12.1 Å². The van der Waals surface area contributed by atoms with Crippen molar-refractivity contribution in [2.45, 2.75) is 13.3 Å². The van der Waals surface area contributed by atoms with Crippen LogP contribution in [0.4, 0.5) is 5.69 Å². The zero-order valence-electron chi connectivity index (χ0n) is 12.6. The van der Waals surface area contributed by atoms with Crippen molar-refractivity contribution in [2.24, 2.45) is 10.7 Å². The maximum atomic E-state index is 6.06. The molecule has 0 saturated carbocycles. The lowest BCUT2D eigenvalue weighted by atomic mass is 10.2. The number of anilines is 1. The van der Waals surface area contributed by atoms with Crippen molar-refractivity contribution in [3.63, 3.8) is 0 Å². The van der Waals surface area contributed by atoms with Crippen LogP contribution in [-0.2, 0) is 6.42 Å². The first-order valence-electron chi connectivity index (χ1n) is 6.91. The number of ether oxygens (including phenoxy) is 1. The molecule has 116 valence electrons. The van der Waals surface area contributed by atoms with Crippen LogP contribution < -0.4 is 15.8 Å². The SMILES string of the molecule is COc1ccc(NC(N)=NCCc2cccc(C)n2)cc1Cl. The summed E-state index contributed by atoms with van der Waals surface area (Å²) in [6.07, 6.45) is 0.743. The molecule has 0 fully saturated rings. The number of aromatic nitrogens is 1. The summed E-state index contributed by atoms with van der Waals surface area (Å²) < 4.78 is 5.10. The normalized spacial score (nSPS) is 11.3. The van der Waals surface area contributed by atoms with Crippen molar-refractivity contribution in [2.75, 3.05) is 19.0 Å². The Morgan fingerprint density at radius 3 is 2.86 bits per heavy atom. The van der Waals surface area contributed by atoms with Crippen molar-refractivity contribution in [1.82, 2.24) is 4.98 Å². The summed E-state index contributed by atoms with van der Waals surface area (Å²) >= 11 is 6.06. The average Bonchev–Trinajstić information content (AvgIpc) is 2.47. The van der Waals surface area contributed by atoms with E-state index in [0.29, 0.717) is 23.3 Å². The summed E-state index contributed by atoms with van der Waals surface area (Å²) in [6.45, 7) is 2.54. The minimum Gasteiger partial charge on any atom is -0.495 e. The molecule has 0 radical (unpaired) electrons. The molecule has 5 nitrogen and oxygen atoms in total. The van der Waals surface area contributed by atoms with Crippen molar-refractivity contribution < 1.29 is 4.74 Å². The molecule has 0 unspecified atom stereocenters. The summed E-state index contributed by atoms with van der Waals surface area (Å²) in [7, 11) is 1.57. The third-order valence-electron chi connectivity index (χ3n) is 3.02. The van der Waals surface area contributed by atoms with E-state index in [4.69, 9.17) is 22.1 Å². The van der Waals surface area contributed by atoms with Crippen LogP contribution in [0.1, 0.15) is 11.4 Å². The number of nitrogens with one attached hydrogen (secondary N) is 1. The van der Waals surface area contributed by atoms with Crippen LogP contribution in [0.25, 0.3) is 0 Å². The Bertz CT molecular complexity index is 673. The summed E-state index contributed by atoms with van der Waals surface area (Å²) in [6, 6.07) is 11.3. The van der Waals surface area contributed by atoms with Crippen molar-refractivity contribution >= 4 is 23.2 Å². The van der Waals surface area contributed by atoms with Gasteiger partial charge in [0.15, 0.2) is 5.96 Å². The number of hydrogen-bond donors (Lipinski definition) is 2. The topological polar surface area (TPSA) is 72.5 Å². The summed E-state index contributed by atoms with van der Waals surface area (Å²) in [5.41, 5.74) is 8.63. The minimum atomic E-state index is 0.342. The number of benzene rings is 1. The first-order chi connectivity index (χ1) is 10.6. The lowest BCUT2D eigenvalue weighted by molar-refractivity contribution is 0.415. The fourth-order valence-corrected chi connectivity index (χ4v) is 2.22. The highest BCUT2D eigenvalue weighted by atomic mass is 35.5. The number of nitrogens with two attached hydrogens (primary N) is 1. The predicted molar refractivity (Wildman–Crippen MR) is 90.8 cm³/mol. The molecule has 0 saturated heterocycles. The Balaban J connectivity index is 1.91. The van der Waals surface area contributed by atoms with Gasteiger partial charge in [0.2, 0.25) is 0 Å². The number of pyridine rings is 1. The molecule has 0 aliphatic rings. The van der Waals surface area contributed by atoms with Gasteiger partial charge in [-0.1, -0.05) is 17.7 Å². The van der Waals surface area contributed by atoms with Gasteiger partial charge in [-0.2, -0.15) is 0 Å². The molecule has 1 aromatic heterocycles. The maximum absolute atomic E-state index is 6.06. The lowest BCUT2D eigenvalue weighted by Gasteiger charge is -2.08. The fourth-order valence-electron chi connectivity index (χ4n) is 1.96. The Kier molecular flexibility index (Phi) is 5.61. The van der Waals surface area contributed by atoms with Gasteiger partial charge in [-0.3, -0.25) is 9.98 Å². The van der Waals surface area contributed by atoms with E-state index in [1.165, 1.54) is 0 Å². The predicted octanol–water partition coefficient (Wildman–Crippen LogP) is 3.02. The molecule has 0 aliphatic carbocycles. The van der Waals surface area contributed by atoms with Crippen LogP contribution in [0.15, 0.2) is 41.4 Å². The van der Waals surface area contributed by atoms with E-state index in [0.717, 1.165) is 23.5 Å². The van der Waals surface area contributed by atoms with E-state index in [9.17, 15) is 0 Å². The van der Waals surface area contributed by atoms with Crippen LogP contribution >= 0.6 is 11.6 Å². The monoisotopic (exact) mass is 318 g/mol. The molecular formula is C16H19ClN4O. The average molecular weight is 319 g/mol. The second-order valence-electron chi connectivity index (χ2n) is 4.76. The van der Waals surface area contributed by atoms with E-state index in [2.05, 4.69) is 15.3 Å². The van der Waals surface area contributed by atoms with Gasteiger partial charge in [-0.05, 0) is 37.3 Å². The molecule has 22 heavy (non-hydrogen) atoms. The Morgan fingerprint density at radius 1 is 1.36 bits per heavy atom. The van der Waals surface area contributed by atoms with Crippen LogP contribution in [0.3, 0.4) is 0 Å². The molecule has 0 spiro atoms. The number of nitrogens with zero attached hydrogens (tertiary/aromatic N) is 2. The van der Waals surface area contributed by atoms with Crippen molar-refractivity contribution in [3.8, 4) is 5.75 Å². The number of aliphatic imine (C=N–C) groups is 1. The zero-order chi connectivity index (χ0) is 15.9. The standard InChI is InChI=1S/C16H19ClN4O/c1-11-4-3-5-12(20-11)8-9-19-16(18)21-13-6-7-15(22-2)14(17)10-13/h3-7,10H,8-9H2,1-2H3,(H3,18,19,21). The summed E-state index contributed by atoms with van der Waals surface area (Å²) in [5.74, 6) is 0.960. The Labute approximate surface area is 135 Å². The fraction of sp³-hybridized carbons (Fsp3) is 0.250. The van der Waals surface area contributed by atoms with Crippen LogP contribution in [-0.4, -0.2) is 24.6 Å². The van der Waals surface area contributed by atoms with E-state index < -0.39 is 0 Å². The van der Waals surface area contributed by atoms with Gasteiger partial charge in [-0.15, -0.1) is 0 Å². The van der Waals surface area contributed by atoms with Crippen LogP contribution in [0, 0.1) is 6.92 Å². The molecule has 3 N–H and O–H groups in total. The van der Waals surface area contributed by atoms with Gasteiger partial charge in [-0.25, -0.2) is 0 Å². The zero-order valence-corrected chi connectivity index (χ0v) is 13.4. The third kappa shape index (κ3) is 4.63. The molecule has 1 aromatic carbocycles. The molecule has 0 aliphatic heterocycles. The Hall–Kier alpha value is -2.27. The van der Waals surface area contributed by atoms with Crippen molar-refractivity contribution in [1.29, 1.82) is 0 Å². The second-order valence-corrected chi connectivity index (χ2v) is 5.17. The highest BCUT2D eigenvalue weighted by Gasteiger charge is 2.02.